The lowest BCUT2D eigenvalue weighted by atomic mass is 10.0. The first-order valence-electron chi connectivity index (χ1n) is 11.2. The van der Waals surface area contributed by atoms with Crippen molar-refractivity contribution in [2.24, 2.45) is 0 Å². The highest BCUT2D eigenvalue weighted by Gasteiger charge is 2.40. The number of aliphatic hydroxyl groups is 1. The Morgan fingerprint density at radius 2 is 1.83 bits per heavy atom. The van der Waals surface area contributed by atoms with Crippen molar-refractivity contribution in [2.45, 2.75) is 31.9 Å². The molecule has 1 fully saturated rings. The minimum absolute atomic E-state index is 0.0376. The molecule has 2 aliphatic rings. The number of alkyl halides is 3. The van der Waals surface area contributed by atoms with Gasteiger partial charge in [-0.1, -0.05) is 12.1 Å². The summed E-state index contributed by atoms with van der Waals surface area (Å²) in [6.07, 6.45) is -2.24. The van der Waals surface area contributed by atoms with E-state index >= 15 is 0 Å². The van der Waals surface area contributed by atoms with Crippen LogP contribution in [-0.4, -0.2) is 42.8 Å². The number of hydrogen-bond donors (Lipinski definition) is 4. The number of carbonyl (C=O) groups is 1. The average molecular weight is 505 g/mol. The van der Waals surface area contributed by atoms with E-state index in [2.05, 4.69) is 16.0 Å². The summed E-state index contributed by atoms with van der Waals surface area (Å²) in [7, 11) is 0. The molecule has 0 aliphatic carbocycles. The van der Waals surface area contributed by atoms with Crippen molar-refractivity contribution in [3.8, 4) is 5.75 Å². The fraction of sp³-hybridized carbons (Fsp3) is 0.320. The fourth-order valence-electron chi connectivity index (χ4n) is 3.65. The number of urea groups is 1. The van der Waals surface area contributed by atoms with Crippen LogP contribution in [0.1, 0.15) is 25.0 Å². The number of ether oxygens (including phenoxy) is 3. The number of anilines is 2. The predicted molar refractivity (Wildman–Crippen MR) is 127 cm³/mol. The Kier molecular flexibility index (Phi) is 7.14. The highest BCUT2D eigenvalue weighted by molar-refractivity contribution is 6.00. The predicted octanol–water partition coefficient (Wildman–Crippen LogP) is 4.70. The molecule has 0 bridgehead atoms. The second-order valence-corrected chi connectivity index (χ2v) is 8.56. The molecule has 1 saturated heterocycles. The van der Waals surface area contributed by atoms with Crippen LogP contribution in [0.25, 0.3) is 5.57 Å². The molecule has 8 nitrogen and oxygen atoms in total. The number of aliphatic hydroxyl groups excluding tert-OH is 1. The first-order valence-corrected chi connectivity index (χ1v) is 11.2. The topological polar surface area (TPSA) is 101 Å². The van der Waals surface area contributed by atoms with Crippen LogP contribution in [0, 0.1) is 0 Å². The number of halogens is 3. The molecule has 4 rings (SSSR count). The van der Waals surface area contributed by atoms with Gasteiger partial charge in [0.1, 0.15) is 11.5 Å². The summed E-state index contributed by atoms with van der Waals surface area (Å²) >= 11 is 0. The van der Waals surface area contributed by atoms with E-state index in [1.54, 1.807) is 43.5 Å². The summed E-state index contributed by atoms with van der Waals surface area (Å²) in [5.41, 5.74) is 0.157. The Bertz CT molecular complexity index is 1170. The number of carbonyl (C=O) groups excluding carboxylic acids is 1. The maximum absolute atomic E-state index is 13.6. The number of dihydropyridines is 1. The van der Waals surface area contributed by atoms with E-state index in [4.69, 9.17) is 14.2 Å². The number of rotatable bonds is 7. The minimum atomic E-state index is -4.67. The molecule has 4 N–H and O–H groups in total. The molecular formula is C25H26F3N3O5. The van der Waals surface area contributed by atoms with Gasteiger partial charge in [0.15, 0.2) is 11.8 Å². The first-order chi connectivity index (χ1) is 17.1. The van der Waals surface area contributed by atoms with Gasteiger partial charge in [0.25, 0.3) is 0 Å². The Morgan fingerprint density at radius 1 is 1.17 bits per heavy atom. The largest absolute Gasteiger partial charge is 0.493 e. The van der Waals surface area contributed by atoms with Crippen LogP contribution < -0.4 is 20.7 Å². The number of allylic oxidation sites excluding steroid dienone is 2. The number of benzene rings is 2. The van der Waals surface area contributed by atoms with Gasteiger partial charge in [0.2, 0.25) is 0 Å². The Balaban J connectivity index is 1.42. The smallest absolute Gasteiger partial charge is 0.420 e. The number of nitrogens with one attached hydrogen (secondary N) is 3. The van der Waals surface area contributed by atoms with Crippen LogP contribution in [0.4, 0.5) is 29.3 Å². The first kappa shape index (κ1) is 25.4. The third kappa shape index (κ3) is 5.92. The monoisotopic (exact) mass is 505 g/mol. The van der Waals surface area contributed by atoms with Crippen molar-refractivity contribution in [3.63, 3.8) is 0 Å². The van der Waals surface area contributed by atoms with Crippen molar-refractivity contribution in [2.75, 3.05) is 30.5 Å². The molecule has 1 atom stereocenters. The highest BCUT2D eigenvalue weighted by Crippen LogP contribution is 2.40. The second-order valence-electron chi connectivity index (χ2n) is 8.56. The maximum Gasteiger partial charge on any atom is 0.420 e. The number of amides is 2. The van der Waals surface area contributed by atoms with Crippen LogP contribution >= 0.6 is 0 Å². The second kappa shape index (κ2) is 10.1. The summed E-state index contributed by atoms with van der Waals surface area (Å²) in [5, 5.41) is 17.7. The van der Waals surface area contributed by atoms with Gasteiger partial charge in [0, 0.05) is 23.1 Å². The van der Waals surface area contributed by atoms with Gasteiger partial charge in [-0.15, -0.1) is 0 Å². The standard InChI is InChI=1S/C25H26F3N3O5/c1-3-35-21-10-16(12-29-22(21)32)15-4-6-17(7-5-15)30-23(33)31-18-8-9-20(19(11-18)25(26,27)28)36-24(2)13-34-14-24/h4-12,22,29,32H,3,13-14H2,1-2H3,(H2,30,31,33). The third-order valence-corrected chi connectivity index (χ3v) is 5.47. The normalized spacial score (nSPS) is 18.7. The summed E-state index contributed by atoms with van der Waals surface area (Å²) in [5.74, 6) is 0.0665. The molecular weight excluding hydrogens is 479 g/mol. The third-order valence-electron chi connectivity index (χ3n) is 5.47. The lowest BCUT2D eigenvalue weighted by molar-refractivity contribution is -0.160. The van der Waals surface area contributed by atoms with Gasteiger partial charge >= 0.3 is 12.2 Å². The van der Waals surface area contributed by atoms with Crippen molar-refractivity contribution in [1.82, 2.24) is 5.32 Å². The molecule has 0 aromatic heterocycles. The molecule has 2 aromatic carbocycles. The van der Waals surface area contributed by atoms with Crippen LogP contribution in [0.5, 0.6) is 5.75 Å². The zero-order chi connectivity index (χ0) is 25.9. The average Bonchev–Trinajstić information content (AvgIpc) is 2.80. The molecule has 0 radical (unpaired) electrons. The Hall–Kier alpha value is -3.70. The highest BCUT2D eigenvalue weighted by atomic mass is 19.4. The molecule has 2 amide bonds. The van der Waals surface area contributed by atoms with E-state index in [0.29, 0.717) is 18.1 Å². The maximum atomic E-state index is 13.6. The fourth-order valence-corrected chi connectivity index (χ4v) is 3.65. The van der Waals surface area contributed by atoms with E-state index in [-0.39, 0.29) is 24.7 Å². The van der Waals surface area contributed by atoms with Crippen LogP contribution in [0.2, 0.25) is 0 Å². The van der Waals surface area contributed by atoms with Crippen molar-refractivity contribution < 1.29 is 37.3 Å². The SMILES string of the molecule is CCOC1=CC(c2ccc(NC(=O)Nc3ccc(OC4(C)COC4)c(C(F)(F)F)c3)cc2)=CNC1O. The van der Waals surface area contributed by atoms with Gasteiger partial charge in [0.05, 0.1) is 25.4 Å². The lowest BCUT2D eigenvalue weighted by Gasteiger charge is -2.38. The van der Waals surface area contributed by atoms with E-state index in [9.17, 15) is 23.1 Å². The number of hydrogen-bond acceptors (Lipinski definition) is 6. The minimum Gasteiger partial charge on any atom is -0.493 e. The summed E-state index contributed by atoms with van der Waals surface area (Å²) in [6, 6.07) is 9.45. The molecule has 0 spiro atoms. The van der Waals surface area contributed by atoms with E-state index in [1.807, 2.05) is 6.92 Å². The quantitative estimate of drug-likeness (QED) is 0.435. The Labute approximate surface area is 205 Å². The summed E-state index contributed by atoms with van der Waals surface area (Å²) in [4.78, 5) is 12.4. The van der Waals surface area contributed by atoms with Gasteiger partial charge in [-0.2, -0.15) is 13.2 Å². The molecule has 1 unspecified atom stereocenters. The van der Waals surface area contributed by atoms with Crippen LogP contribution in [0.3, 0.4) is 0 Å². The Morgan fingerprint density at radius 3 is 2.44 bits per heavy atom. The van der Waals surface area contributed by atoms with Gasteiger partial charge in [-0.25, -0.2) is 4.79 Å². The molecule has 2 aromatic rings. The zero-order valence-electron chi connectivity index (χ0n) is 19.6. The molecule has 192 valence electrons. The van der Waals surface area contributed by atoms with Crippen LogP contribution in [0.15, 0.2) is 60.5 Å². The molecule has 2 heterocycles. The summed E-state index contributed by atoms with van der Waals surface area (Å²) < 4.78 is 56.8. The van der Waals surface area contributed by atoms with Crippen molar-refractivity contribution >= 4 is 23.0 Å². The van der Waals surface area contributed by atoms with E-state index < -0.39 is 29.6 Å². The van der Waals surface area contributed by atoms with Gasteiger partial charge in [-0.3, -0.25) is 0 Å². The van der Waals surface area contributed by atoms with Gasteiger partial charge in [-0.05, 0) is 55.8 Å². The van der Waals surface area contributed by atoms with E-state index in [0.717, 1.165) is 17.2 Å². The molecule has 11 heteroatoms. The lowest BCUT2D eigenvalue weighted by Crippen LogP contribution is -2.51. The van der Waals surface area contributed by atoms with E-state index in [1.165, 1.54) is 12.1 Å². The molecule has 36 heavy (non-hydrogen) atoms. The van der Waals surface area contributed by atoms with Crippen LogP contribution in [-0.2, 0) is 15.7 Å². The van der Waals surface area contributed by atoms with Crippen molar-refractivity contribution in [1.29, 1.82) is 0 Å². The zero-order valence-corrected chi connectivity index (χ0v) is 19.6. The van der Waals surface area contributed by atoms with Crippen molar-refractivity contribution in [3.05, 3.63) is 71.6 Å². The molecule has 0 saturated carbocycles. The summed E-state index contributed by atoms with van der Waals surface area (Å²) in [6.45, 7) is 4.29. The molecule has 2 aliphatic heterocycles. The van der Waals surface area contributed by atoms with Gasteiger partial charge < -0.3 is 35.3 Å².